The third kappa shape index (κ3) is 2.59. The van der Waals surface area contributed by atoms with Gasteiger partial charge >= 0.3 is 0 Å². The van der Waals surface area contributed by atoms with E-state index in [2.05, 4.69) is 17.1 Å². The Bertz CT molecular complexity index is 271. The van der Waals surface area contributed by atoms with Crippen LogP contribution in [0.1, 0.15) is 39.0 Å². The van der Waals surface area contributed by atoms with Crippen LogP contribution in [-0.4, -0.2) is 49.8 Å². The molecule has 2 aliphatic carbocycles. The van der Waals surface area contributed by atoms with Crippen molar-refractivity contribution in [2.24, 2.45) is 11.8 Å². The van der Waals surface area contributed by atoms with Gasteiger partial charge in [-0.2, -0.15) is 0 Å². The van der Waals surface area contributed by atoms with E-state index >= 15 is 0 Å². The van der Waals surface area contributed by atoms with Crippen molar-refractivity contribution in [1.82, 2.24) is 10.2 Å². The Labute approximate surface area is 111 Å². The summed E-state index contributed by atoms with van der Waals surface area (Å²) in [5.41, 5.74) is 0. The summed E-state index contributed by atoms with van der Waals surface area (Å²) in [7, 11) is 0. The van der Waals surface area contributed by atoms with Gasteiger partial charge in [-0.3, -0.25) is 4.90 Å². The van der Waals surface area contributed by atoms with E-state index in [-0.39, 0.29) is 0 Å². The van der Waals surface area contributed by atoms with E-state index in [4.69, 9.17) is 4.74 Å². The molecule has 2 bridgehead atoms. The fraction of sp³-hybridized carbons (Fsp3) is 1.00. The third-order valence-electron chi connectivity index (χ3n) is 5.21. The lowest BCUT2D eigenvalue weighted by molar-refractivity contribution is -0.0391. The second-order valence-corrected chi connectivity index (χ2v) is 6.41. The van der Waals surface area contributed by atoms with Crippen LogP contribution >= 0.6 is 0 Å². The van der Waals surface area contributed by atoms with Crippen LogP contribution in [0, 0.1) is 11.8 Å². The molecule has 0 aromatic carbocycles. The summed E-state index contributed by atoms with van der Waals surface area (Å²) < 4.78 is 5.70. The average Bonchev–Trinajstić information content (AvgIpc) is 3.02. The molecule has 1 N–H and O–H groups in total. The number of nitrogens with zero attached hydrogens (tertiary/aromatic N) is 1. The van der Waals surface area contributed by atoms with E-state index in [1.165, 1.54) is 32.1 Å². The largest absolute Gasteiger partial charge is 0.378 e. The summed E-state index contributed by atoms with van der Waals surface area (Å²) in [6.07, 6.45) is 7.19. The highest BCUT2D eigenvalue weighted by Gasteiger charge is 2.44. The van der Waals surface area contributed by atoms with Gasteiger partial charge in [-0.25, -0.2) is 0 Å². The molecule has 4 unspecified atom stereocenters. The first-order chi connectivity index (χ1) is 8.88. The molecular weight excluding hydrogens is 224 g/mol. The maximum atomic E-state index is 5.70. The fourth-order valence-electron chi connectivity index (χ4n) is 4.34. The first kappa shape index (κ1) is 12.9. The lowest BCUT2D eigenvalue weighted by Crippen LogP contribution is -2.55. The van der Waals surface area contributed by atoms with Gasteiger partial charge in [0.1, 0.15) is 0 Å². The number of hydrogen-bond acceptors (Lipinski definition) is 3. The van der Waals surface area contributed by atoms with Crippen molar-refractivity contribution in [3.63, 3.8) is 0 Å². The Morgan fingerprint density at radius 1 is 1.28 bits per heavy atom. The minimum atomic E-state index is 0.620. The zero-order valence-corrected chi connectivity index (χ0v) is 11.7. The molecule has 0 aromatic rings. The van der Waals surface area contributed by atoms with Crippen LogP contribution in [-0.2, 0) is 4.74 Å². The molecule has 104 valence electrons. The standard InChI is InChI=1S/C15H28N2O/c1-2-5-16-10-14-11-18-7-6-17(14)15-9-12-3-4-13(15)8-12/h12-16H,2-11H2,1H3. The molecule has 3 aliphatic rings. The summed E-state index contributed by atoms with van der Waals surface area (Å²) in [6, 6.07) is 1.50. The van der Waals surface area contributed by atoms with Gasteiger partial charge in [0, 0.05) is 25.2 Å². The Morgan fingerprint density at radius 2 is 2.22 bits per heavy atom. The van der Waals surface area contributed by atoms with Gasteiger partial charge in [-0.1, -0.05) is 13.3 Å². The van der Waals surface area contributed by atoms with Gasteiger partial charge in [0.15, 0.2) is 0 Å². The third-order valence-corrected chi connectivity index (χ3v) is 5.21. The zero-order valence-electron chi connectivity index (χ0n) is 11.7. The van der Waals surface area contributed by atoms with Crippen LogP contribution in [0.15, 0.2) is 0 Å². The van der Waals surface area contributed by atoms with E-state index < -0.39 is 0 Å². The molecule has 18 heavy (non-hydrogen) atoms. The molecular formula is C15H28N2O. The van der Waals surface area contributed by atoms with Crippen LogP contribution in [0.4, 0.5) is 0 Å². The summed E-state index contributed by atoms with van der Waals surface area (Å²) in [5.74, 6) is 2.05. The normalized spacial score (nSPS) is 40.5. The highest BCUT2D eigenvalue weighted by Crippen LogP contribution is 2.47. The molecule has 3 nitrogen and oxygen atoms in total. The predicted molar refractivity (Wildman–Crippen MR) is 73.7 cm³/mol. The van der Waals surface area contributed by atoms with Crippen molar-refractivity contribution in [1.29, 1.82) is 0 Å². The molecule has 0 aromatic heterocycles. The second kappa shape index (κ2) is 5.89. The topological polar surface area (TPSA) is 24.5 Å². The first-order valence-corrected chi connectivity index (χ1v) is 7.92. The Kier molecular flexibility index (Phi) is 4.22. The van der Waals surface area contributed by atoms with Gasteiger partial charge in [0.2, 0.25) is 0 Å². The van der Waals surface area contributed by atoms with Crippen molar-refractivity contribution in [3.05, 3.63) is 0 Å². The van der Waals surface area contributed by atoms with Crippen LogP contribution in [0.3, 0.4) is 0 Å². The van der Waals surface area contributed by atoms with E-state index in [1.807, 2.05) is 0 Å². The summed E-state index contributed by atoms with van der Waals surface area (Å²) in [5, 5.41) is 3.58. The van der Waals surface area contributed by atoms with Gasteiger partial charge in [-0.15, -0.1) is 0 Å². The Morgan fingerprint density at radius 3 is 2.94 bits per heavy atom. The smallest absolute Gasteiger partial charge is 0.0635 e. The van der Waals surface area contributed by atoms with Crippen LogP contribution < -0.4 is 5.32 Å². The highest BCUT2D eigenvalue weighted by molar-refractivity contribution is 4.98. The minimum Gasteiger partial charge on any atom is -0.378 e. The van der Waals surface area contributed by atoms with Gasteiger partial charge in [0.05, 0.1) is 13.2 Å². The monoisotopic (exact) mass is 252 g/mol. The number of hydrogen-bond donors (Lipinski definition) is 1. The molecule has 2 saturated carbocycles. The number of fused-ring (bicyclic) bond motifs is 2. The number of morpholine rings is 1. The van der Waals surface area contributed by atoms with Crippen molar-refractivity contribution in [2.75, 3.05) is 32.8 Å². The number of ether oxygens (including phenoxy) is 1. The number of nitrogens with one attached hydrogen (secondary N) is 1. The van der Waals surface area contributed by atoms with Crippen molar-refractivity contribution in [3.8, 4) is 0 Å². The summed E-state index contributed by atoms with van der Waals surface area (Å²) in [6.45, 7) is 7.52. The molecule has 3 rings (SSSR count). The average molecular weight is 252 g/mol. The maximum Gasteiger partial charge on any atom is 0.0635 e. The van der Waals surface area contributed by atoms with Crippen LogP contribution in [0.2, 0.25) is 0 Å². The molecule has 4 atom stereocenters. The van der Waals surface area contributed by atoms with E-state index in [0.29, 0.717) is 6.04 Å². The Balaban J connectivity index is 1.57. The second-order valence-electron chi connectivity index (χ2n) is 6.41. The fourth-order valence-corrected chi connectivity index (χ4v) is 4.34. The lowest BCUT2D eigenvalue weighted by atomic mass is 9.92. The quantitative estimate of drug-likeness (QED) is 0.756. The van der Waals surface area contributed by atoms with Gasteiger partial charge < -0.3 is 10.1 Å². The number of rotatable bonds is 5. The molecule has 0 spiro atoms. The maximum absolute atomic E-state index is 5.70. The molecule has 3 fully saturated rings. The zero-order chi connectivity index (χ0) is 12.4. The summed E-state index contributed by atoms with van der Waals surface area (Å²) >= 11 is 0. The SMILES string of the molecule is CCCNCC1COCCN1C1CC2CCC1C2. The van der Waals surface area contributed by atoms with E-state index in [0.717, 1.165) is 50.7 Å². The molecule has 1 heterocycles. The van der Waals surface area contributed by atoms with Crippen molar-refractivity contribution < 1.29 is 4.74 Å². The van der Waals surface area contributed by atoms with Crippen molar-refractivity contribution >= 4 is 0 Å². The first-order valence-electron chi connectivity index (χ1n) is 7.92. The Hall–Kier alpha value is -0.120. The molecule has 1 aliphatic heterocycles. The van der Waals surface area contributed by atoms with Gasteiger partial charge in [-0.05, 0) is 44.1 Å². The minimum absolute atomic E-state index is 0.620. The van der Waals surface area contributed by atoms with Crippen LogP contribution in [0.25, 0.3) is 0 Å². The van der Waals surface area contributed by atoms with E-state index in [1.54, 1.807) is 0 Å². The molecule has 0 amide bonds. The molecule has 0 radical (unpaired) electrons. The summed E-state index contributed by atoms with van der Waals surface area (Å²) in [4.78, 5) is 2.79. The van der Waals surface area contributed by atoms with E-state index in [9.17, 15) is 0 Å². The predicted octanol–water partition coefficient (Wildman–Crippen LogP) is 1.88. The van der Waals surface area contributed by atoms with Gasteiger partial charge in [0.25, 0.3) is 0 Å². The molecule has 3 heteroatoms. The van der Waals surface area contributed by atoms with Crippen LogP contribution in [0.5, 0.6) is 0 Å². The molecule has 1 saturated heterocycles. The lowest BCUT2D eigenvalue weighted by Gasteiger charge is -2.43. The highest BCUT2D eigenvalue weighted by atomic mass is 16.5. The van der Waals surface area contributed by atoms with Crippen molar-refractivity contribution in [2.45, 2.75) is 51.1 Å².